The van der Waals surface area contributed by atoms with Crippen molar-refractivity contribution in [3.63, 3.8) is 0 Å². The van der Waals surface area contributed by atoms with E-state index >= 15 is 0 Å². The molecule has 0 bridgehead atoms. The van der Waals surface area contributed by atoms with Crippen LogP contribution in [0.2, 0.25) is 0 Å². The number of carbonyl (C=O) groups excluding carboxylic acids is 1. The largest absolute Gasteiger partial charge is 0.493 e. The van der Waals surface area contributed by atoms with Crippen LogP contribution in [-0.2, 0) is 14.3 Å². The van der Waals surface area contributed by atoms with Crippen molar-refractivity contribution < 1.29 is 28.9 Å². The molecule has 0 radical (unpaired) electrons. The van der Waals surface area contributed by atoms with Crippen molar-refractivity contribution in [1.29, 1.82) is 0 Å². The van der Waals surface area contributed by atoms with Crippen LogP contribution in [0.3, 0.4) is 0 Å². The Bertz CT molecular complexity index is 657. The number of hydrogen-bond donors (Lipinski definition) is 1. The van der Waals surface area contributed by atoms with Crippen LogP contribution < -0.4 is 9.47 Å². The lowest BCUT2D eigenvalue weighted by Crippen LogP contribution is -2.52. The number of aliphatic carboxylic acids is 1. The van der Waals surface area contributed by atoms with Crippen LogP contribution in [0.1, 0.15) is 19.4 Å². The Morgan fingerprint density at radius 3 is 2.76 bits per heavy atom. The van der Waals surface area contributed by atoms with E-state index in [0.717, 1.165) is 5.56 Å². The van der Waals surface area contributed by atoms with Crippen molar-refractivity contribution in [2.75, 3.05) is 26.8 Å². The number of carbonyl (C=O) groups is 2. The number of carboxylic acids is 1. The zero-order valence-corrected chi connectivity index (χ0v) is 14.6. The van der Waals surface area contributed by atoms with Crippen LogP contribution in [0.25, 0.3) is 6.08 Å². The molecule has 2 atom stereocenters. The standard InChI is InChI=1S/C18H23NO6/c1-4-5-13-6-7-14(15(8-13)23-3)24-11-17(20)19-9-12(2)25-16(10-19)18(21)22/h4-8,12,16H,9-11H2,1-3H3,(H,21,22)/b5-4+/t12-,16?/m1/s1. The van der Waals surface area contributed by atoms with Crippen LogP contribution in [-0.4, -0.2) is 60.9 Å². The number of rotatable bonds is 6. The van der Waals surface area contributed by atoms with Crippen molar-refractivity contribution >= 4 is 18.0 Å². The molecule has 0 aliphatic carbocycles. The van der Waals surface area contributed by atoms with Crippen molar-refractivity contribution in [3.8, 4) is 11.5 Å². The molecule has 1 aromatic rings. The lowest BCUT2D eigenvalue weighted by atomic mass is 10.2. The van der Waals surface area contributed by atoms with Crippen molar-refractivity contribution in [3.05, 3.63) is 29.8 Å². The second kappa shape index (κ2) is 8.53. The van der Waals surface area contributed by atoms with E-state index in [4.69, 9.17) is 19.3 Å². The molecule has 0 spiro atoms. The Balaban J connectivity index is 2.00. The van der Waals surface area contributed by atoms with Crippen LogP contribution in [0, 0.1) is 0 Å². The van der Waals surface area contributed by atoms with Crippen LogP contribution >= 0.6 is 0 Å². The number of ether oxygens (including phenoxy) is 3. The number of methoxy groups -OCH3 is 1. The highest BCUT2D eigenvalue weighted by atomic mass is 16.5. The summed E-state index contributed by atoms with van der Waals surface area (Å²) in [6, 6.07) is 5.42. The number of morpholine rings is 1. The summed E-state index contributed by atoms with van der Waals surface area (Å²) in [6.07, 6.45) is 2.49. The second-order valence-electron chi connectivity index (χ2n) is 5.77. The molecular formula is C18H23NO6. The highest BCUT2D eigenvalue weighted by Gasteiger charge is 2.32. The summed E-state index contributed by atoms with van der Waals surface area (Å²) in [5.41, 5.74) is 0.962. The van der Waals surface area contributed by atoms with Gasteiger partial charge in [-0.2, -0.15) is 0 Å². The molecular weight excluding hydrogens is 326 g/mol. The number of allylic oxidation sites excluding steroid dienone is 1. The maximum Gasteiger partial charge on any atom is 0.334 e. The monoisotopic (exact) mass is 349 g/mol. The minimum atomic E-state index is -1.08. The molecule has 1 aliphatic heterocycles. The van der Waals surface area contributed by atoms with E-state index in [1.165, 1.54) is 12.0 Å². The fraction of sp³-hybridized carbons (Fsp3) is 0.444. The Labute approximate surface area is 146 Å². The van der Waals surface area contributed by atoms with Gasteiger partial charge in [0.2, 0.25) is 0 Å². The molecule has 1 aliphatic rings. The number of amides is 1. The molecule has 1 unspecified atom stereocenters. The molecule has 0 saturated carbocycles. The SMILES string of the molecule is C/C=C/c1ccc(OCC(=O)N2CC(C(=O)O)O[C@H](C)C2)c(OC)c1. The molecule has 25 heavy (non-hydrogen) atoms. The van der Waals surface area contributed by atoms with Gasteiger partial charge in [-0.25, -0.2) is 4.79 Å². The van der Waals surface area contributed by atoms with Gasteiger partial charge in [0.15, 0.2) is 24.2 Å². The van der Waals surface area contributed by atoms with E-state index in [2.05, 4.69) is 0 Å². The summed E-state index contributed by atoms with van der Waals surface area (Å²) in [4.78, 5) is 24.9. The first-order valence-corrected chi connectivity index (χ1v) is 8.04. The maximum atomic E-state index is 12.4. The molecule has 1 N–H and O–H groups in total. The van der Waals surface area contributed by atoms with Crippen molar-refractivity contribution in [2.24, 2.45) is 0 Å². The predicted molar refractivity (Wildman–Crippen MR) is 91.7 cm³/mol. The molecule has 1 amide bonds. The van der Waals surface area contributed by atoms with Crippen LogP contribution in [0.15, 0.2) is 24.3 Å². The topological polar surface area (TPSA) is 85.3 Å². The van der Waals surface area contributed by atoms with Crippen LogP contribution in [0.5, 0.6) is 11.5 Å². The first kappa shape index (κ1) is 18.8. The molecule has 0 aromatic heterocycles. The quantitative estimate of drug-likeness (QED) is 0.843. The van der Waals surface area contributed by atoms with E-state index in [9.17, 15) is 9.59 Å². The molecule has 2 rings (SSSR count). The zero-order valence-electron chi connectivity index (χ0n) is 14.6. The second-order valence-corrected chi connectivity index (χ2v) is 5.77. The van der Waals surface area contributed by atoms with Crippen molar-refractivity contribution in [2.45, 2.75) is 26.1 Å². The highest BCUT2D eigenvalue weighted by Crippen LogP contribution is 2.28. The van der Waals surface area contributed by atoms with Gasteiger partial charge in [-0.05, 0) is 31.5 Å². The number of nitrogens with zero attached hydrogens (tertiary/aromatic N) is 1. The molecule has 1 fully saturated rings. The van der Waals surface area contributed by atoms with Gasteiger partial charge in [0.05, 0.1) is 19.8 Å². The van der Waals surface area contributed by atoms with E-state index in [1.807, 2.05) is 31.2 Å². The minimum Gasteiger partial charge on any atom is -0.493 e. The number of hydrogen-bond acceptors (Lipinski definition) is 5. The fourth-order valence-corrected chi connectivity index (χ4v) is 2.62. The van der Waals surface area contributed by atoms with Gasteiger partial charge in [0.25, 0.3) is 5.91 Å². The molecule has 7 nitrogen and oxygen atoms in total. The number of carboxylic acid groups (broad SMARTS) is 1. The summed E-state index contributed by atoms with van der Waals surface area (Å²) in [7, 11) is 1.53. The predicted octanol–water partition coefficient (Wildman–Crippen LogP) is 1.81. The smallest absolute Gasteiger partial charge is 0.334 e. The minimum absolute atomic E-state index is 0.0131. The Morgan fingerprint density at radius 1 is 1.36 bits per heavy atom. The Morgan fingerprint density at radius 2 is 2.12 bits per heavy atom. The lowest BCUT2D eigenvalue weighted by molar-refractivity contribution is -0.167. The van der Waals surface area contributed by atoms with Crippen LogP contribution in [0.4, 0.5) is 0 Å². The summed E-state index contributed by atoms with van der Waals surface area (Å²) in [5.74, 6) is -0.380. The molecule has 136 valence electrons. The zero-order chi connectivity index (χ0) is 18.4. The van der Waals surface area contributed by atoms with Gasteiger partial charge in [-0.15, -0.1) is 0 Å². The maximum absolute atomic E-state index is 12.4. The fourth-order valence-electron chi connectivity index (χ4n) is 2.62. The van der Waals surface area contributed by atoms with E-state index in [-0.39, 0.29) is 25.2 Å². The highest BCUT2D eigenvalue weighted by molar-refractivity contribution is 5.80. The summed E-state index contributed by atoms with van der Waals surface area (Å²) in [5, 5.41) is 9.09. The van der Waals surface area contributed by atoms with Gasteiger partial charge in [0, 0.05) is 6.54 Å². The molecule has 7 heteroatoms. The first-order valence-electron chi connectivity index (χ1n) is 8.04. The summed E-state index contributed by atoms with van der Waals surface area (Å²) >= 11 is 0. The third-order valence-corrected chi connectivity index (χ3v) is 3.79. The third-order valence-electron chi connectivity index (χ3n) is 3.79. The van der Waals surface area contributed by atoms with Gasteiger partial charge in [0.1, 0.15) is 0 Å². The lowest BCUT2D eigenvalue weighted by Gasteiger charge is -2.34. The van der Waals surface area contributed by atoms with E-state index < -0.39 is 12.1 Å². The average molecular weight is 349 g/mol. The Hall–Kier alpha value is -2.54. The van der Waals surface area contributed by atoms with E-state index in [0.29, 0.717) is 18.0 Å². The molecule has 1 aromatic carbocycles. The summed E-state index contributed by atoms with van der Waals surface area (Å²) < 4.78 is 16.2. The average Bonchev–Trinajstić information content (AvgIpc) is 2.59. The molecule has 1 saturated heterocycles. The van der Waals surface area contributed by atoms with Gasteiger partial charge >= 0.3 is 5.97 Å². The first-order chi connectivity index (χ1) is 11.9. The number of benzene rings is 1. The van der Waals surface area contributed by atoms with Gasteiger partial charge in [-0.3, -0.25) is 4.79 Å². The summed E-state index contributed by atoms with van der Waals surface area (Å²) in [6.45, 7) is 3.81. The van der Waals surface area contributed by atoms with Gasteiger partial charge in [-0.1, -0.05) is 18.2 Å². The molecule has 1 heterocycles. The van der Waals surface area contributed by atoms with Crippen molar-refractivity contribution in [1.82, 2.24) is 4.90 Å². The van der Waals surface area contributed by atoms with Gasteiger partial charge < -0.3 is 24.2 Å². The Kier molecular flexibility index (Phi) is 6.41. The van der Waals surface area contributed by atoms with E-state index in [1.54, 1.807) is 13.0 Å². The third kappa shape index (κ3) is 4.96. The normalized spacial score (nSPS) is 20.5.